The smallest absolute Gasteiger partial charge is 0.277 e. The topological polar surface area (TPSA) is 153 Å². The van der Waals surface area contributed by atoms with Gasteiger partial charge in [0.15, 0.2) is 5.82 Å². The van der Waals surface area contributed by atoms with Gasteiger partial charge in [0.1, 0.15) is 12.1 Å². The summed E-state index contributed by atoms with van der Waals surface area (Å²) in [5, 5.41) is 26.3. The summed E-state index contributed by atoms with van der Waals surface area (Å²) >= 11 is 0. The van der Waals surface area contributed by atoms with Gasteiger partial charge in [-0.15, -0.1) is 0 Å². The second-order valence-electron chi connectivity index (χ2n) is 6.72. The van der Waals surface area contributed by atoms with Gasteiger partial charge in [-0.05, 0) is 6.07 Å². The maximum absolute atomic E-state index is 12.8. The highest BCUT2D eigenvalue weighted by Gasteiger charge is 2.26. The lowest BCUT2D eigenvalue weighted by Crippen LogP contribution is -2.49. The molecule has 3 heterocycles. The van der Waals surface area contributed by atoms with Crippen LogP contribution in [-0.2, 0) is 0 Å². The van der Waals surface area contributed by atoms with Crippen LogP contribution in [0, 0.1) is 20.2 Å². The second kappa shape index (κ2) is 8.14. The van der Waals surface area contributed by atoms with Crippen LogP contribution in [0.15, 0.2) is 49.1 Å². The number of nitrogens with zero attached hydrogens (tertiary/aromatic N) is 8. The molecule has 2 aromatic heterocycles. The molecule has 0 saturated carbocycles. The van der Waals surface area contributed by atoms with Gasteiger partial charge in [0.05, 0.1) is 21.5 Å². The van der Waals surface area contributed by atoms with E-state index in [0.717, 1.165) is 18.2 Å². The van der Waals surface area contributed by atoms with Crippen LogP contribution in [0.1, 0.15) is 10.4 Å². The van der Waals surface area contributed by atoms with Crippen LogP contribution in [0.3, 0.4) is 0 Å². The number of amides is 1. The van der Waals surface area contributed by atoms with Crippen molar-refractivity contribution in [1.29, 1.82) is 0 Å². The van der Waals surface area contributed by atoms with Crippen molar-refractivity contribution in [3.63, 3.8) is 0 Å². The van der Waals surface area contributed by atoms with Crippen molar-refractivity contribution >= 4 is 23.1 Å². The van der Waals surface area contributed by atoms with Gasteiger partial charge < -0.3 is 9.80 Å². The maximum Gasteiger partial charge on any atom is 0.277 e. The Bertz CT molecular complexity index is 1110. The van der Waals surface area contributed by atoms with Gasteiger partial charge in [-0.2, -0.15) is 5.10 Å². The van der Waals surface area contributed by atoms with E-state index in [1.807, 2.05) is 4.90 Å². The highest BCUT2D eigenvalue weighted by molar-refractivity contribution is 5.95. The number of piperazine rings is 1. The van der Waals surface area contributed by atoms with Gasteiger partial charge in [-0.25, -0.2) is 14.6 Å². The Kier molecular flexibility index (Phi) is 5.22. The molecule has 1 saturated heterocycles. The molecule has 1 amide bonds. The lowest BCUT2D eigenvalue weighted by Gasteiger charge is -2.35. The van der Waals surface area contributed by atoms with Gasteiger partial charge in [0, 0.05) is 56.8 Å². The van der Waals surface area contributed by atoms with E-state index in [9.17, 15) is 25.0 Å². The molecule has 4 rings (SSSR count). The van der Waals surface area contributed by atoms with E-state index in [-0.39, 0.29) is 5.56 Å². The van der Waals surface area contributed by atoms with E-state index >= 15 is 0 Å². The summed E-state index contributed by atoms with van der Waals surface area (Å²) in [6.45, 7) is 1.60. The minimum atomic E-state index is -0.756. The molecule has 1 aliphatic rings. The monoisotopic (exact) mass is 424 g/mol. The number of non-ortho nitro benzene ring substituents is 2. The minimum absolute atomic E-state index is 0.0858. The number of benzene rings is 1. The molecule has 158 valence electrons. The number of aromatic nitrogens is 4. The number of anilines is 1. The summed E-state index contributed by atoms with van der Waals surface area (Å²) in [6, 6.07) is 6.52. The van der Waals surface area contributed by atoms with Gasteiger partial charge in [0.25, 0.3) is 17.3 Å². The Hall–Kier alpha value is -4.42. The van der Waals surface area contributed by atoms with Crippen molar-refractivity contribution in [3.05, 3.63) is 74.8 Å². The Morgan fingerprint density at radius 1 is 0.903 bits per heavy atom. The first-order valence-electron chi connectivity index (χ1n) is 9.22. The van der Waals surface area contributed by atoms with Crippen molar-refractivity contribution in [1.82, 2.24) is 24.6 Å². The second-order valence-corrected chi connectivity index (χ2v) is 6.72. The number of carbonyl (C=O) groups excluding carboxylic acids is 1. The molecule has 0 bridgehead atoms. The highest BCUT2D eigenvalue weighted by Crippen LogP contribution is 2.24. The summed E-state index contributed by atoms with van der Waals surface area (Å²) in [5.74, 6) is 0.794. The maximum atomic E-state index is 12.8. The van der Waals surface area contributed by atoms with Crippen LogP contribution in [0.5, 0.6) is 0 Å². The quantitative estimate of drug-likeness (QED) is 0.437. The molecular weight excluding hydrogens is 408 g/mol. The fraction of sp³-hybridized carbons (Fsp3) is 0.222. The summed E-state index contributed by atoms with van der Waals surface area (Å²) in [5.41, 5.74) is -1.08. The fourth-order valence-electron chi connectivity index (χ4n) is 3.29. The molecule has 0 radical (unpaired) electrons. The normalized spacial score (nSPS) is 13.8. The van der Waals surface area contributed by atoms with E-state index in [4.69, 9.17) is 0 Å². The predicted octanol–water partition coefficient (Wildman–Crippen LogP) is 1.44. The predicted molar refractivity (Wildman–Crippen MR) is 107 cm³/mol. The number of hydrogen-bond acceptors (Lipinski definition) is 9. The molecule has 0 aliphatic carbocycles. The van der Waals surface area contributed by atoms with E-state index in [1.54, 1.807) is 29.2 Å². The van der Waals surface area contributed by atoms with Crippen LogP contribution in [0.4, 0.5) is 17.2 Å². The summed E-state index contributed by atoms with van der Waals surface area (Å²) in [6.07, 6.45) is 4.84. The van der Waals surface area contributed by atoms with E-state index in [1.165, 1.54) is 11.2 Å². The Morgan fingerprint density at radius 2 is 1.55 bits per heavy atom. The molecule has 13 heteroatoms. The zero-order valence-corrected chi connectivity index (χ0v) is 16.1. The largest absolute Gasteiger partial charge is 0.353 e. The van der Waals surface area contributed by atoms with E-state index in [2.05, 4.69) is 15.1 Å². The number of rotatable bonds is 5. The van der Waals surface area contributed by atoms with Crippen molar-refractivity contribution in [2.45, 2.75) is 0 Å². The van der Waals surface area contributed by atoms with Crippen molar-refractivity contribution < 1.29 is 14.6 Å². The SMILES string of the molecule is O=C(c1cc([N+](=O)[O-])cc([N+](=O)[O-])c1)N1CCN(c2cc(-n3cccn3)ncn2)CC1. The first kappa shape index (κ1) is 19.9. The Labute approximate surface area is 174 Å². The van der Waals surface area contributed by atoms with Gasteiger partial charge >= 0.3 is 0 Å². The fourth-order valence-corrected chi connectivity index (χ4v) is 3.29. The molecule has 31 heavy (non-hydrogen) atoms. The zero-order chi connectivity index (χ0) is 22.0. The lowest BCUT2D eigenvalue weighted by molar-refractivity contribution is -0.394. The molecule has 1 aromatic carbocycles. The average Bonchev–Trinajstić information content (AvgIpc) is 3.33. The number of nitro groups is 2. The Balaban J connectivity index is 1.48. The molecule has 0 atom stereocenters. The van der Waals surface area contributed by atoms with Crippen LogP contribution < -0.4 is 4.90 Å². The molecule has 0 unspecified atom stereocenters. The summed E-state index contributed by atoms with van der Waals surface area (Å²) in [4.78, 5) is 45.4. The Morgan fingerprint density at radius 3 is 2.13 bits per heavy atom. The average molecular weight is 424 g/mol. The van der Waals surface area contributed by atoms with Crippen LogP contribution in [0.2, 0.25) is 0 Å². The van der Waals surface area contributed by atoms with Crippen LogP contribution in [-0.4, -0.2) is 66.6 Å². The number of carbonyl (C=O) groups is 1. The molecule has 0 spiro atoms. The molecule has 1 aliphatic heterocycles. The summed E-state index contributed by atoms with van der Waals surface area (Å²) < 4.78 is 1.61. The lowest BCUT2D eigenvalue weighted by atomic mass is 10.1. The van der Waals surface area contributed by atoms with Crippen molar-refractivity contribution in [2.75, 3.05) is 31.1 Å². The first-order chi connectivity index (χ1) is 14.9. The molecule has 13 nitrogen and oxygen atoms in total. The molecule has 3 aromatic rings. The third-order valence-corrected chi connectivity index (χ3v) is 4.84. The van der Waals surface area contributed by atoms with Gasteiger partial charge in [0.2, 0.25) is 0 Å². The van der Waals surface area contributed by atoms with Gasteiger partial charge in [-0.1, -0.05) is 0 Å². The zero-order valence-electron chi connectivity index (χ0n) is 16.1. The standard InChI is InChI=1S/C18H16N8O5/c27-18(13-8-14(25(28)29)10-15(9-13)26(30)31)23-6-4-22(5-7-23)16-11-17(20-12-19-16)24-3-1-2-21-24/h1-3,8-12H,4-7H2. The van der Waals surface area contributed by atoms with Crippen LogP contribution in [0.25, 0.3) is 5.82 Å². The number of nitro benzene ring substituents is 2. The van der Waals surface area contributed by atoms with Crippen LogP contribution >= 0.6 is 0 Å². The third-order valence-electron chi connectivity index (χ3n) is 4.84. The number of hydrogen-bond donors (Lipinski definition) is 0. The minimum Gasteiger partial charge on any atom is -0.353 e. The molecular formula is C18H16N8O5. The summed E-state index contributed by atoms with van der Waals surface area (Å²) in [7, 11) is 0. The molecule has 0 N–H and O–H groups in total. The van der Waals surface area contributed by atoms with Gasteiger partial charge in [-0.3, -0.25) is 25.0 Å². The van der Waals surface area contributed by atoms with E-state index < -0.39 is 27.1 Å². The highest BCUT2D eigenvalue weighted by atomic mass is 16.6. The van der Waals surface area contributed by atoms with Crippen molar-refractivity contribution in [2.24, 2.45) is 0 Å². The third kappa shape index (κ3) is 4.14. The molecule has 1 fully saturated rings. The van der Waals surface area contributed by atoms with Crippen molar-refractivity contribution in [3.8, 4) is 5.82 Å². The van der Waals surface area contributed by atoms with E-state index in [0.29, 0.717) is 37.8 Å². The first-order valence-corrected chi connectivity index (χ1v) is 9.22.